The number of carbonyl (C=O) groups excluding carboxylic acids is 2. The summed E-state index contributed by atoms with van der Waals surface area (Å²) in [5.74, 6) is -0.257. The molecule has 3 rings (SSSR count). The van der Waals surface area contributed by atoms with Crippen molar-refractivity contribution in [2.45, 2.75) is 6.42 Å². The van der Waals surface area contributed by atoms with Crippen LogP contribution in [0.1, 0.15) is 17.0 Å². The van der Waals surface area contributed by atoms with E-state index >= 15 is 0 Å². The highest BCUT2D eigenvalue weighted by atomic mass is 32.2. The summed E-state index contributed by atoms with van der Waals surface area (Å²) in [4.78, 5) is 27.9. The molecule has 1 aromatic heterocycles. The van der Waals surface area contributed by atoms with E-state index in [2.05, 4.69) is 10.2 Å². The van der Waals surface area contributed by atoms with E-state index < -0.39 is 10.2 Å². The molecule has 2 saturated heterocycles. The zero-order valence-corrected chi connectivity index (χ0v) is 16.9. The Bertz CT molecular complexity index is 766. The van der Waals surface area contributed by atoms with Crippen molar-refractivity contribution in [3.8, 4) is 0 Å². The highest BCUT2D eigenvalue weighted by molar-refractivity contribution is 7.86. The maximum absolute atomic E-state index is 12.8. The molecule has 2 aliphatic heterocycles. The predicted octanol–water partition coefficient (Wildman–Crippen LogP) is -0.964. The molecule has 0 bridgehead atoms. The van der Waals surface area contributed by atoms with Gasteiger partial charge in [0, 0.05) is 65.3 Å². The Kier molecular flexibility index (Phi) is 6.70. The molecule has 0 spiro atoms. The zero-order valence-electron chi connectivity index (χ0n) is 16.0. The first-order chi connectivity index (χ1) is 13.4. The van der Waals surface area contributed by atoms with Crippen LogP contribution in [-0.2, 0) is 15.0 Å². The maximum Gasteiger partial charge on any atom is 0.286 e. The lowest BCUT2D eigenvalue weighted by Crippen LogP contribution is -2.57. The molecule has 11 heteroatoms. The standard InChI is InChI=1S/C17H27N5O5S/c1-19-6-10-21(11-7-19)28(25,26)22-12-8-20(9-13-22)16(23)4-5-18-17(24)15-3-2-14-27-15/h2-3,14H,4-13H2,1H3,(H,18,24). The van der Waals surface area contributed by atoms with Gasteiger partial charge in [0.25, 0.3) is 16.1 Å². The molecule has 10 nitrogen and oxygen atoms in total. The summed E-state index contributed by atoms with van der Waals surface area (Å²) in [5, 5.41) is 2.64. The van der Waals surface area contributed by atoms with Crippen molar-refractivity contribution in [2.75, 3.05) is 66.0 Å². The summed E-state index contributed by atoms with van der Waals surface area (Å²) in [6.45, 7) is 3.94. The lowest BCUT2D eigenvalue weighted by atomic mass is 10.3. The van der Waals surface area contributed by atoms with Gasteiger partial charge in [-0.3, -0.25) is 9.59 Å². The van der Waals surface area contributed by atoms with Crippen molar-refractivity contribution in [1.82, 2.24) is 23.7 Å². The van der Waals surface area contributed by atoms with Crippen LogP contribution in [0.4, 0.5) is 0 Å². The quantitative estimate of drug-likeness (QED) is 0.644. The molecule has 0 radical (unpaired) electrons. The zero-order chi connectivity index (χ0) is 20.1. The van der Waals surface area contributed by atoms with Crippen molar-refractivity contribution < 1.29 is 22.4 Å². The molecular formula is C17H27N5O5S. The molecule has 1 N–H and O–H groups in total. The highest BCUT2D eigenvalue weighted by Crippen LogP contribution is 2.15. The predicted molar refractivity (Wildman–Crippen MR) is 102 cm³/mol. The molecule has 0 aromatic carbocycles. The third-order valence-electron chi connectivity index (χ3n) is 5.08. The second kappa shape index (κ2) is 9.03. The van der Waals surface area contributed by atoms with E-state index in [0.29, 0.717) is 39.3 Å². The lowest BCUT2D eigenvalue weighted by molar-refractivity contribution is -0.132. The number of furan rings is 1. The Balaban J connectivity index is 1.41. The van der Waals surface area contributed by atoms with Crippen LogP contribution in [0.25, 0.3) is 0 Å². The average Bonchev–Trinajstić information content (AvgIpc) is 3.23. The Morgan fingerprint density at radius 2 is 1.64 bits per heavy atom. The van der Waals surface area contributed by atoms with Crippen LogP contribution < -0.4 is 5.32 Å². The average molecular weight is 414 g/mol. The summed E-state index contributed by atoms with van der Waals surface area (Å²) < 4.78 is 33.5. The van der Waals surface area contributed by atoms with E-state index in [1.807, 2.05) is 7.05 Å². The fourth-order valence-corrected chi connectivity index (χ4v) is 4.86. The molecule has 1 aromatic rings. The Labute approximate surface area is 165 Å². The molecule has 0 atom stereocenters. The van der Waals surface area contributed by atoms with Gasteiger partial charge < -0.3 is 19.5 Å². The van der Waals surface area contributed by atoms with Crippen LogP contribution in [0.15, 0.2) is 22.8 Å². The van der Waals surface area contributed by atoms with Crippen molar-refractivity contribution in [2.24, 2.45) is 0 Å². The third kappa shape index (κ3) is 4.90. The van der Waals surface area contributed by atoms with Gasteiger partial charge in [0.15, 0.2) is 5.76 Å². The second-order valence-electron chi connectivity index (χ2n) is 6.97. The Hall–Kier alpha value is -1.95. The fourth-order valence-electron chi connectivity index (χ4n) is 3.29. The lowest BCUT2D eigenvalue weighted by Gasteiger charge is -2.39. The summed E-state index contributed by atoms with van der Waals surface area (Å²) >= 11 is 0. The summed E-state index contributed by atoms with van der Waals surface area (Å²) in [6.07, 6.45) is 1.58. The van der Waals surface area contributed by atoms with Gasteiger partial charge in [-0.2, -0.15) is 17.0 Å². The van der Waals surface area contributed by atoms with Crippen LogP contribution in [0.5, 0.6) is 0 Å². The highest BCUT2D eigenvalue weighted by Gasteiger charge is 2.34. The van der Waals surface area contributed by atoms with Gasteiger partial charge in [0.1, 0.15) is 0 Å². The number of amides is 2. The fraction of sp³-hybridized carbons (Fsp3) is 0.647. The monoisotopic (exact) mass is 413 g/mol. The Morgan fingerprint density at radius 1 is 1.04 bits per heavy atom. The third-order valence-corrected chi connectivity index (χ3v) is 7.11. The van der Waals surface area contributed by atoms with Crippen LogP contribution in [-0.4, -0.2) is 105 Å². The number of piperazine rings is 2. The van der Waals surface area contributed by atoms with Crippen LogP contribution in [0, 0.1) is 0 Å². The van der Waals surface area contributed by atoms with Gasteiger partial charge in [-0.25, -0.2) is 0 Å². The first kappa shape index (κ1) is 20.8. The van der Waals surface area contributed by atoms with Gasteiger partial charge in [-0.15, -0.1) is 0 Å². The maximum atomic E-state index is 12.8. The van der Waals surface area contributed by atoms with E-state index in [1.54, 1.807) is 17.0 Å². The number of hydrogen-bond donors (Lipinski definition) is 1. The molecule has 3 heterocycles. The minimum atomic E-state index is -3.48. The SMILES string of the molecule is CN1CCN(S(=O)(=O)N2CCN(C(=O)CCNC(=O)c3ccco3)CC2)CC1. The van der Waals surface area contributed by atoms with Crippen LogP contribution in [0.2, 0.25) is 0 Å². The Morgan fingerprint density at radius 3 is 2.21 bits per heavy atom. The number of rotatable bonds is 6. The van der Waals surface area contributed by atoms with Crippen LogP contribution in [0.3, 0.4) is 0 Å². The van der Waals surface area contributed by atoms with Crippen molar-refractivity contribution in [3.05, 3.63) is 24.2 Å². The number of nitrogens with one attached hydrogen (secondary N) is 1. The van der Waals surface area contributed by atoms with Gasteiger partial charge in [0.05, 0.1) is 6.26 Å². The molecule has 0 unspecified atom stereocenters. The summed E-state index contributed by atoms with van der Waals surface area (Å²) in [5.41, 5.74) is 0. The minimum absolute atomic E-state index is 0.101. The number of carbonyl (C=O) groups is 2. The van der Waals surface area contributed by atoms with Gasteiger partial charge in [-0.1, -0.05) is 0 Å². The van der Waals surface area contributed by atoms with Crippen molar-refractivity contribution >= 4 is 22.0 Å². The van der Waals surface area contributed by atoms with Gasteiger partial charge in [-0.05, 0) is 19.2 Å². The normalized spacial score (nSPS) is 20.2. The van der Waals surface area contributed by atoms with E-state index in [0.717, 1.165) is 13.1 Å². The minimum Gasteiger partial charge on any atom is -0.459 e. The molecule has 2 fully saturated rings. The van der Waals surface area contributed by atoms with E-state index in [1.165, 1.54) is 14.9 Å². The molecule has 156 valence electrons. The second-order valence-corrected chi connectivity index (χ2v) is 8.90. The summed E-state index contributed by atoms with van der Waals surface area (Å²) in [6, 6.07) is 3.17. The molecule has 0 aliphatic carbocycles. The molecule has 2 amide bonds. The van der Waals surface area contributed by atoms with Crippen molar-refractivity contribution in [3.63, 3.8) is 0 Å². The number of hydrogen-bond acceptors (Lipinski definition) is 6. The van der Waals surface area contributed by atoms with Gasteiger partial charge >= 0.3 is 0 Å². The number of likely N-dealkylation sites (N-methyl/N-ethyl adjacent to an activating group) is 1. The summed E-state index contributed by atoms with van der Waals surface area (Å²) in [7, 11) is -1.50. The molecule has 28 heavy (non-hydrogen) atoms. The molecular weight excluding hydrogens is 386 g/mol. The van der Waals surface area contributed by atoms with E-state index in [-0.39, 0.29) is 30.5 Å². The topological polar surface area (TPSA) is 106 Å². The van der Waals surface area contributed by atoms with E-state index in [4.69, 9.17) is 4.42 Å². The van der Waals surface area contributed by atoms with E-state index in [9.17, 15) is 18.0 Å². The number of nitrogens with zero attached hydrogens (tertiary/aromatic N) is 4. The first-order valence-electron chi connectivity index (χ1n) is 9.41. The smallest absolute Gasteiger partial charge is 0.286 e. The molecule has 0 saturated carbocycles. The first-order valence-corrected chi connectivity index (χ1v) is 10.8. The van der Waals surface area contributed by atoms with Crippen LogP contribution >= 0.6 is 0 Å². The van der Waals surface area contributed by atoms with Crippen molar-refractivity contribution in [1.29, 1.82) is 0 Å². The molecule has 2 aliphatic rings. The van der Waals surface area contributed by atoms with Gasteiger partial charge in [0.2, 0.25) is 5.91 Å². The largest absolute Gasteiger partial charge is 0.459 e.